The zero-order valence-electron chi connectivity index (χ0n) is 49.1. The first-order chi connectivity index (χ1) is 35.9. The first kappa shape index (κ1) is 71.5. The molecule has 0 aromatic carbocycles. The van der Waals surface area contributed by atoms with Gasteiger partial charge in [-0.2, -0.15) is 0 Å². The summed E-state index contributed by atoms with van der Waals surface area (Å²) in [5.74, 6) is -0.522. The molecule has 0 aliphatic carbocycles. The number of carbonyl (C=O) groups excluding carboxylic acids is 2. The molecule has 0 saturated heterocycles. The van der Waals surface area contributed by atoms with Crippen molar-refractivity contribution < 1.29 is 37.3 Å². The number of likely N-dealkylation sites (N-methyl/N-ethyl adjacent to an activating group) is 1. The third-order valence-electron chi connectivity index (χ3n) is 13.4. The van der Waals surface area contributed by atoms with Crippen LogP contribution in [-0.4, -0.2) is 74.3 Å². The topological polar surface area (TPSA) is 111 Å². The molecule has 0 heterocycles. The number of unbranched alkanes of at least 4 members (excludes halogenated alkanes) is 29. The molecular weight excluding hydrogens is 940 g/mol. The lowest BCUT2D eigenvalue weighted by molar-refractivity contribution is -0.870. The number of phosphoric ester groups is 1. The highest BCUT2D eigenvalue weighted by Gasteiger charge is 2.30. The van der Waals surface area contributed by atoms with E-state index in [-0.39, 0.29) is 31.5 Å². The van der Waals surface area contributed by atoms with Gasteiger partial charge in [-0.1, -0.05) is 255 Å². The number of carbonyl (C=O) groups is 2. The molecule has 0 bridgehead atoms. The molecule has 9 nitrogen and oxygen atoms in total. The zero-order chi connectivity index (χ0) is 54.3. The summed E-state index contributed by atoms with van der Waals surface area (Å²) in [5, 5.41) is 3.05. The highest BCUT2D eigenvalue weighted by molar-refractivity contribution is 7.47. The maximum Gasteiger partial charge on any atom is 0.472 e. The van der Waals surface area contributed by atoms with Crippen LogP contribution in [0.2, 0.25) is 0 Å². The van der Waals surface area contributed by atoms with E-state index in [9.17, 15) is 19.0 Å². The lowest BCUT2D eigenvalue weighted by Gasteiger charge is -2.27. The zero-order valence-corrected chi connectivity index (χ0v) is 50.0. The van der Waals surface area contributed by atoms with Gasteiger partial charge in [0.25, 0.3) is 0 Å². The summed E-state index contributed by atoms with van der Waals surface area (Å²) in [6, 6.07) is -0.859. The van der Waals surface area contributed by atoms with Gasteiger partial charge in [0.2, 0.25) is 5.91 Å². The normalized spacial score (nSPS) is 14.2. The van der Waals surface area contributed by atoms with Crippen LogP contribution in [0.1, 0.15) is 271 Å². The van der Waals surface area contributed by atoms with Gasteiger partial charge in [0.15, 0.2) is 0 Å². The molecule has 1 amide bonds. The number of amides is 1. The SMILES string of the molecule is CC/C=C\C/C=C\C/C=C\C/C=C\C/C=C\CCCCCCCC(=O)NC(COP(=O)(O)OCC[N+](C)(C)C)C(/C=C\CCCCCCCCCCCC)OC(=O)CCCCCCCCCCCCCCCCC. The summed E-state index contributed by atoms with van der Waals surface area (Å²) in [5.41, 5.74) is 0. The molecule has 3 unspecified atom stereocenters. The van der Waals surface area contributed by atoms with Crippen LogP contribution < -0.4 is 5.32 Å². The van der Waals surface area contributed by atoms with Crippen LogP contribution >= 0.6 is 7.82 Å². The van der Waals surface area contributed by atoms with Crippen LogP contribution in [0.5, 0.6) is 0 Å². The highest BCUT2D eigenvalue weighted by atomic mass is 31.2. The van der Waals surface area contributed by atoms with E-state index in [1.54, 1.807) is 0 Å². The molecule has 10 heteroatoms. The molecule has 0 aromatic heterocycles. The number of hydrogen-bond acceptors (Lipinski definition) is 6. The number of ether oxygens (including phenoxy) is 1. The summed E-state index contributed by atoms with van der Waals surface area (Å²) in [6.45, 7) is 6.89. The Hall–Kier alpha value is -2.55. The molecule has 0 saturated carbocycles. The molecule has 74 heavy (non-hydrogen) atoms. The van der Waals surface area contributed by atoms with Gasteiger partial charge >= 0.3 is 13.8 Å². The van der Waals surface area contributed by atoms with E-state index < -0.39 is 20.0 Å². The Morgan fingerprint density at radius 2 is 0.865 bits per heavy atom. The monoisotopic (exact) mass is 1060 g/mol. The summed E-state index contributed by atoms with van der Waals surface area (Å²) in [6.07, 6.45) is 68.9. The minimum absolute atomic E-state index is 0.0348. The molecular formula is C64H118N2O7P+. The van der Waals surface area contributed by atoms with Gasteiger partial charge in [-0.05, 0) is 76.7 Å². The maximum absolute atomic E-state index is 13.5. The Kier molecular flexibility index (Phi) is 52.0. The molecule has 0 radical (unpaired) electrons. The first-order valence-electron chi connectivity index (χ1n) is 30.8. The third-order valence-corrected chi connectivity index (χ3v) is 14.4. The van der Waals surface area contributed by atoms with Gasteiger partial charge < -0.3 is 19.4 Å². The Bertz CT molecular complexity index is 1500. The van der Waals surface area contributed by atoms with Crippen molar-refractivity contribution in [1.82, 2.24) is 5.32 Å². The average molecular weight is 1060 g/mol. The quantitative estimate of drug-likeness (QED) is 0.0205. The molecule has 0 rings (SSSR count). The number of allylic oxidation sites excluding steroid dienone is 11. The van der Waals surface area contributed by atoms with Crippen molar-refractivity contribution >= 4 is 19.7 Å². The standard InChI is InChI=1S/C64H117N2O7P/c1-7-10-13-16-19-22-25-28-30-31-32-33-34-35-37-38-41-44-47-50-53-56-63(67)65-61(60-72-74(69,70)71-59-58-66(4,5)6)62(55-52-49-46-43-40-27-24-21-18-15-12-9-3)73-64(68)57-54-51-48-45-42-39-36-29-26-23-20-17-14-11-8-2/h10,13,19,22,28,30,32-33,35,37,52,55,61-62H,7-9,11-12,14-18,20-21,23-27,29,31,34,36,38-51,53-54,56-60H2,1-6H3,(H-,65,67,69,70)/p+1/b13-10-,22-19-,30-28-,33-32-,37-35-,55-52-. The number of nitrogens with zero attached hydrogens (tertiary/aromatic N) is 1. The largest absolute Gasteiger partial charge is 0.472 e. The fraction of sp³-hybridized carbons (Fsp3) is 0.781. The van der Waals surface area contributed by atoms with Crippen molar-refractivity contribution in [2.45, 2.75) is 283 Å². The van der Waals surface area contributed by atoms with Crippen molar-refractivity contribution in [2.24, 2.45) is 0 Å². The summed E-state index contributed by atoms with van der Waals surface area (Å²) in [4.78, 5) is 37.7. The Morgan fingerprint density at radius 1 is 0.486 bits per heavy atom. The molecule has 0 aromatic rings. The molecule has 0 aliphatic heterocycles. The van der Waals surface area contributed by atoms with Crippen LogP contribution in [-0.2, 0) is 27.9 Å². The van der Waals surface area contributed by atoms with Crippen LogP contribution in [0.4, 0.5) is 0 Å². The van der Waals surface area contributed by atoms with E-state index in [1.807, 2.05) is 33.3 Å². The Morgan fingerprint density at radius 3 is 1.30 bits per heavy atom. The van der Waals surface area contributed by atoms with E-state index in [1.165, 1.54) is 128 Å². The van der Waals surface area contributed by atoms with Crippen molar-refractivity contribution in [2.75, 3.05) is 40.9 Å². The lowest BCUT2D eigenvalue weighted by atomic mass is 10.0. The summed E-state index contributed by atoms with van der Waals surface area (Å²) in [7, 11) is 1.48. The second kappa shape index (κ2) is 53.8. The fourth-order valence-electron chi connectivity index (χ4n) is 8.67. The number of rotatable bonds is 55. The van der Waals surface area contributed by atoms with E-state index >= 15 is 0 Å². The number of phosphoric acid groups is 1. The predicted octanol–water partition coefficient (Wildman–Crippen LogP) is 18.8. The van der Waals surface area contributed by atoms with Crippen molar-refractivity contribution in [3.63, 3.8) is 0 Å². The highest BCUT2D eigenvalue weighted by Crippen LogP contribution is 2.43. The number of esters is 1. The van der Waals surface area contributed by atoms with Crippen LogP contribution in [0, 0.1) is 0 Å². The minimum Gasteiger partial charge on any atom is -0.456 e. The van der Waals surface area contributed by atoms with Crippen molar-refractivity contribution in [3.8, 4) is 0 Å². The van der Waals surface area contributed by atoms with Gasteiger partial charge in [0.05, 0.1) is 33.8 Å². The second-order valence-electron chi connectivity index (χ2n) is 21.9. The maximum atomic E-state index is 13.5. The lowest BCUT2D eigenvalue weighted by Crippen LogP contribution is -2.47. The first-order valence-corrected chi connectivity index (χ1v) is 32.3. The summed E-state index contributed by atoms with van der Waals surface area (Å²) >= 11 is 0. The minimum atomic E-state index is -4.45. The predicted molar refractivity (Wildman–Crippen MR) is 318 cm³/mol. The average Bonchev–Trinajstić information content (AvgIpc) is 3.36. The molecule has 3 atom stereocenters. The van der Waals surface area contributed by atoms with Crippen molar-refractivity contribution in [1.29, 1.82) is 0 Å². The van der Waals surface area contributed by atoms with E-state index in [2.05, 4.69) is 86.8 Å². The molecule has 430 valence electrons. The van der Waals surface area contributed by atoms with E-state index in [0.29, 0.717) is 17.4 Å². The van der Waals surface area contributed by atoms with Gasteiger partial charge in [-0.25, -0.2) is 4.57 Å². The van der Waals surface area contributed by atoms with E-state index in [4.69, 9.17) is 13.8 Å². The number of quaternary nitrogens is 1. The van der Waals surface area contributed by atoms with Crippen LogP contribution in [0.15, 0.2) is 72.9 Å². The summed E-state index contributed by atoms with van der Waals surface area (Å²) < 4.78 is 30.7. The van der Waals surface area contributed by atoms with Gasteiger partial charge in [0.1, 0.15) is 19.3 Å². The Labute approximate surface area is 457 Å². The fourth-order valence-corrected chi connectivity index (χ4v) is 9.41. The van der Waals surface area contributed by atoms with Crippen LogP contribution in [0.3, 0.4) is 0 Å². The second-order valence-corrected chi connectivity index (χ2v) is 23.3. The molecule has 0 fully saturated rings. The molecule has 0 aliphatic rings. The smallest absolute Gasteiger partial charge is 0.456 e. The molecule has 0 spiro atoms. The number of hydrogen-bond donors (Lipinski definition) is 2. The van der Waals surface area contributed by atoms with Gasteiger partial charge in [0, 0.05) is 12.8 Å². The van der Waals surface area contributed by atoms with Gasteiger partial charge in [-0.3, -0.25) is 18.6 Å². The van der Waals surface area contributed by atoms with Crippen molar-refractivity contribution in [3.05, 3.63) is 72.9 Å². The number of nitrogens with one attached hydrogen (secondary N) is 1. The van der Waals surface area contributed by atoms with Gasteiger partial charge in [-0.15, -0.1) is 0 Å². The van der Waals surface area contributed by atoms with Crippen LogP contribution in [0.25, 0.3) is 0 Å². The third kappa shape index (κ3) is 54.2. The van der Waals surface area contributed by atoms with E-state index in [0.717, 1.165) is 109 Å². The molecule has 2 N–H and O–H groups in total. The Balaban J connectivity index is 5.29.